The molecule has 30 heavy (non-hydrogen) atoms. The van der Waals surface area contributed by atoms with Gasteiger partial charge in [0, 0.05) is 31.9 Å². The maximum atomic E-state index is 12.8. The molecule has 6 nitrogen and oxygen atoms in total. The molecule has 0 bridgehead atoms. The van der Waals surface area contributed by atoms with Crippen LogP contribution in [0.5, 0.6) is 0 Å². The first-order chi connectivity index (χ1) is 14.4. The predicted octanol–water partition coefficient (Wildman–Crippen LogP) is 4.14. The molecule has 0 saturated carbocycles. The maximum absolute atomic E-state index is 12.8. The van der Waals surface area contributed by atoms with Gasteiger partial charge < -0.3 is 14.5 Å². The molecule has 0 atom stereocenters. The summed E-state index contributed by atoms with van der Waals surface area (Å²) in [5.74, 6) is 0.190. The average molecular weight is 405 g/mol. The van der Waals surface area contributed by atoms with E-state index in [4.69, 9.17) is 9.72 Å². The van der Waals surface area contributed by atoms with Gasteiger partial charge in [0.15, 0.2) is 11.5 Å². The normalized spacial score (nSPS) is 14.4. The Morgan fingerprint density at radius 3 is 2.23 bits per heavy atom. The molecule has 1 aliphatic rings. The van der Waals surface area contributed by atoms with Gasteiger partial charge in [-0.3, -0.25) is 0 Å². The molecule has 2 heterocycles. The molecule has 1 saturated heterocycles. The lowest BCUT2D eigenvalue weighted by molar-refractivity contribution is 0.0371. The van der Waals surface area contributed by atoms with Gasteiger partial charge in [-0.1, -0.05) is 24.3 Å². The minimum absolute atomic E-state index is 0.209. The van der Waals surface area contributed by atoms with Crippen LogP contribution >= 0.6 is 0 Å². The summed E-state index contributed by atoms with van der Waals surface area (Å²) in [5.41, 5.74) is 5.59. The molecule has 4 rings (SSSR count). The fourth-order valence-corrected chi connectivity index (χ4v) is 3.84. The Balaban J connectivity index is 1.63. The first kappa shape index (κ1) is 20.1. The van der Waals surface area contributed by atoms with Gasteiger partial charge in [-0.05, 0) is 57.0 Å². The highest BCUT2D eigenvalue weighted by atomic mass is 16.5. The van der Waals surface area contributed by atoms with Crippen molar-refractivity contribution in [3.05, 3.63) is 59.3 Å². The zero-order valence-electron chi connectivity index (χ0n) is 18.1. The number of ether oxygens (including phenoxy) is 1. The highest BCUT2D eigenvalue weighted by Gasteiger charge is 2.26. The predicted molar refractivity (Wildman–Crippen MR) is 120 cm³/mol. The molecule has 0 radical (unpaired) electrons. The number of fused-ring (bicyclic) bond motifs is 1. The maximum Gasteiger partial charge on any atom is 0.361 e. The lowest BCUT2D eigenvalue weighted by atomic mass is 10.1. The van der Waals surface area contributed by atoms with Crippen LogP contribution < -0.4 is 9.80 Å². The standard InChI is InChI=1S/C24H28N4O2/c1-16(2)30-24(29)22-23(26-20-8-6-5-7-19(20)25-22)28-13-11-27(12-14-28)21-15-17(3)9-10-18(21)4/h5-10,15-16H,11-14H2,1-4H3. The van der Waals surface area contributed by atoms with Crippen molar-refractivity contribution >= 4 is 28.5 Å². The number of hydrogen-bond acceptors (Lipinski definition) is 6. The molecule has 0 unspecified atom stereocenters. The second kappa shape index (κ2) is 8.30. The molecule has 156 valence electrons. The second-order valence-electron chi connectivity index (χ2n) is 8.10. The number of hydrogen-bond donors (Lipinski definition) is 0. The van der Waals surface area contributed by atoms with Crippen molar-refractivity contribution in [2.75, 3.05) is 36.0 Å². The van der Waals surface area contributed by atoms with E-state index in [-0.39, 0.29) is 6.10 Å². The third kappa shape index (κ3) is 4.08. The molecule has 6 heteroatoms. The number of anilines is 2. The summed E-state index contributed by atoms with van der Waals surface area (Å²) >= 11 is 0. The first-order valence-corrected chi connectivity index (χ1v) is 10.5. The Bertz CT molecular complexity index is 1070. The highest BCUT2D eigenvalue weighted by molar-refractivity contribution is 5.95. The van der Waals surface area contributed by atoms with Gasteiger partial charge >= 0.3 is 5.97 Å². The SMILES string of the molecule is Cc1ccc(C)c(N2CCN(c3nc4ccccc4nc3C(=O)OC(C)C)CC2)c1. The topological polar surface area (TPSA) is 58.6 Å². The first-order valence-electron chi connectivity index (χ1n) is 10.5. The monoisotopic (exact) mass is 404 g/mol. The number of carbonyl (C=O) groups excluding carboxylic acids is 1. The van der Waals surface area contributed by atoms with Crippen LogP contribution in [0.3, 0.4) is 0 Å². The largest absolute Gasteiger partial charge is 0.458 e. The molecule has 0 aliphatic carbocycles. The van der Waals surface area contributed by atoms with E-state index < -0.39 is 5.97 Å². The fourth-order valence-electron chi connectivity index (χ4n) is 3.84. The van der Waals surface area contributed by atoms with Gasteiger partial charge in [-0.25, -0.2) is 14.8 Å². The van der Waals surface area contributed by atoms with Crippen LogP contribution in [0.1, 0.15) is 35.5 Å². The zero-order chi connectivity index (χ0) is 21.3. The van der Waals surface area contributed by atoms with E-state index >= 15 is 0 Å². The minimum Gasteiger partial charge on any atom is -0.458 e. The van der Waals surface area contributed by atoms with Gasteiger partial charge in [0.2, 0.25) is 0 Å². The Morgan fingerprint density at radius 2 is 1.57 bits per heavy atom. The number of piperazine rings is 1. The van der Waals surface area contributed by atoms with Crippen molar-refractivity contribution in [2.45, 2.75) is 33.8 Å². The van der Waals surface area contributed by atoms with E-state index in [0.717, 1.165) is 31.7 Å². The molecule has 0 spiro atoms. The molecular weight excluding hydrogens is 376 g/mol. The number of carbonyl (C=O) groups is 1. The molecule has 0 N–H and O–H groups in total. The Hall–Kier alpha value is -3.15. The van der Waals surface area contributed by atoms with Gasteiger partial charge in [0.25, 0.3) is 0 Å². The molecule has 2 aromatic carbocycles. The number of para-hydroxylation sites is 2. The molecule has 1 fully saturated rings. The molecule has 1 aliphatic heterocycles. The van der Waals surface area contributed by atoms with Crippen molar-refractivity contribution in [1.29, 1.82) is 0 Å². The second-order valence-corrected chi connectivity index (χ2v) is 8.10. The van der Waals surface area contributed by atoms with Crippen molar-refractivity contribution in [3.8, 4) is 0 Å². The van der Waals surface area contributed by atoms with Crippen LogP contribution in [0.4, 0.5) is 11.5 Å². The molecule has 0 amide bonds. The lowest BCUT2D eigenvalue weighted by Crippen LogP contribution is -2.47. The molecular formula is C24H28N4O2. The van der Waals surface area contributed by atoms with Crippen LogP contribution in [0.2, 0.25) is 0 Å². The summed E-state index contributed by atoms with van der Waals surface area (Å²) in [6.45, 7) is 11.2. The van der Waals surface area contributed by atoms with E-state index in [2.05, 4.69) is 46.8 Å². The van der Waals surface area contributed by atoms with Crippen LogP contribution in [0, 0.1) is 13.8 Å². The number of benzene rings is 2. The summed E-state index contributed by atoms with van der Waals surface area (Å²) in [5, 5.41) is 0. The Morgan fingerprint density at radius 1 is 0.933 bits per heavy atom. The number of nitrogens with zero attached hydrogens (tertiary/aromatic N) is 4. The minimum atomic E-state index is -0.421. The lowest BCUT2D eigenvalue weighted by Gasteiger charge is -2.37. The van der Waals surface area contributed by atoms with Crippen molar-refractivity contribution in [3.63, 3.8) is 0 Å². The molecule has 1 aromatic heterocycles. The zero-order valence-corrected chi connectivity index (χ0v) is 18.1. The van der Waals surface area contributed by atoms with E-state index in [1.807, 2.05) is 38.1 Å². The van der Waals surface area contributed by atoms with E-state index in [9.17, 15) is 4.79 Å². The number of aryl methyl sites for hydroxylation is 2. The van der Waals surface area contributed by atoms with Crippen LogP contribution in [0.25, 0.3) is 11.0 Å². The van der Waals surface area contributed by atoms with E-state index in [1.54, 1.807) is 0 Å². The van der Waals surface area contributed by atoms with Crippen molar-refractivity contribution < 1.29 is 9.53 Å². The number of aromatic nitrogens is 2. The van der Waals surface area contributed by atoms with Gasteiger partial charge in [0.05, 0.1) is 17.1 Å². The van der Waals surface area contributed by atoms with Gasteiger partial charge in [-0.2, -0.15) is 0 Å². The van der Waals surface area contributed by atoms with Crippen LogP contribution in [-0.2, 0) is 4.74 Å². The highest BCUT2D eigenvalue weighted by Crippen LogP contribution is 2.26. The van der Waals surface area contributed by atoms with Gasteiger partial charge in [-0.15, -0.1) is 0 Å². The smallest absolute Gasteiger partial charge is 0.361 e. The summed E-state index contributed by atoms with van der Waals surface area (Å²) in [7, 11) is 0. The average Bonchev–Trinajstić information content (AvgIpc) is 2.74. The third-order valence-electron chi connectivity index (χ3n) is 5.37. The summed E-state index contributed by atoms with van der Waals surface area (Å²) in [6.07, 6.45) is -0.209. The Labute approximate surface area is 177 Å². The van der Waals surface area contributed by atoms with Crippen molar-refractivity contribution in [2.24, 2.45) is 0 Å². The summed E-state index contributed by atoms with van der Waals surface area (Å²) in [6, 6.07) is 14.2. The molecule has 3 aromatic rings. The van der Waals surface area contributed by atoms with Crippen LogP contribution in [0.15, 0.2) is 42.5 Å². The van der Waals surface area contributed by atoms with E-state index in [1.165, 1.54) is 16.8 Å². The fraction of sp³-hybridized carbons (Fsp3) is 0.375. The number of rotatable bonds is 4. The summed E-state index contributed by atoms with van der Waals surface area (Å²) in [4.78, 5) is 26.7. The third-order valence-corrected chi connectivity index (χ3v) is 5.37. The summed E-state index contributed by atoms with van der Waals surface area (Å²) < 4.78 is 5.46. The quantitative estimate of drug-likeness (QED) is 0.609. The van der Waals surface area contributed by atoms with Gasteiger partial charge in [0.1, 0.15) is 0 Å². The number of esters is 1. The van der Waals surface area contributed by atoms with Crippen molar-refractivity contribution in [1.82, 2.24) is 9.97 Å². The van der Waals surface area contributed by atoms with E-state index in [0.29, 0.717) is 17.0 Å². The van der Waals surface area contributed by atoms with Crippen LogP contribution in [-0.4, -0.2) is 48.2 Å². The Kier molecular flexibility index (Phi) is 5.57.